The van der Waals surface area contributed by atoms with Gasteiger partial charge in [0.1, 0.15) is 5.82 Å². The van der Waals surface area contributed by atoms with Crippen LogP contribution in [0.25, 0.3) is 0 Å². The van der Waals surface area contributed by atoms with Crippen LogP contribution in [0.15, 0.2) is 72.8 Å². The van der Waals surface area contributed by atoms with E-state index in [-0.39, 0.29) is 18.2 Å². The lowest BCUT2D eigenvalue weighted by molar-refractivity contribution is -0.123. The zero-order chi connectivity index (χ0) is 20.4. The first-order chi connectivity index (χ1) is 14.0. The van der Waals surface area contributed by atoms with Crippen molar-refractivity contribution in [2.24, 2.45) is 0 Å². The van der Waals surface area contributed by atoms with Gasteiger partial charge in [-0.1, -0.05) is 36.4 Å². The minimum Gasteiger partial charge on any atom is -0.343 e. The molecule has 0 aliphatic carbocycles. The van der Waals surface area contributed by atoms with E-state index < -0.39 is 11.7 Å². The van der Waals surface area contributed by atoms with Crippen LogP contribution in [-0.2, 0) is 9.59 Å². The molecule has 0 saturated heterocycles. The third-order valence-electron chi connectivity index (χ3n) is 5.04. The molecular formula is C23H20FN3O2. The highest BCUT2D eigenvalue weighted by molar-refractivity contribution is 6.06. The molecule has 0 radical (unpaired) electrons. The average Bonchev–Trinajstić information content (AvgIpc) is 2.73. The number of carbonyl (C=O) groups excluding carboxylic acids is 2. The molecule has 4 rings (SSSR count). The van der Waals surface area contributed by atoms with Gasteiger partial charge in [0.25, 0.3) is 0 Å². The van der Waals surface area contributed by atoms with E-state index in [1.807, 2.05) is 66.5 Å². The molecule has 2 amide bonds. The fourth-order valence-corrected chi connectivity index (χ4v) is 3.55. The van der Waals surface area contributed by atoms with Gasteiger partial charge in [-0.15, -0.1) is 0 Å². The Balaban J connectivity index is 1.63. The molecule has 0 unspecified atom stereocenters. The van der Waals surface area contributed by atoms with E-state index in [0.717, 1.165) is 11.4 Å². The number of fused-ring (bicyclic) bond motifs is 1. The number of hydrogen-bond acceptors (Lipinski definition) is 3. The molecule has 2 N–H and O–H groups in total. The predicted molar refractivity (Wildman–Crippen MR) is 112 cm³/mol. The average molecular weight is 389 g/mol. The molecule has 0 bridgehead atoms. The Hall–Kier alpha value is -3.67. The highest BCUT2D eigenvalue weighted by Gasteiger charge is 2.31. The number of para-hydroxylation sites is 3. The number of rotatable bonds is 4. The van der Waals surface area contributed by atoms with Crippen molar-refractivity contribution in [3.05, 3.63) is 84.2 Å². The molecule has 3 aromatic rings. The van der Waals surface area contributed by atoms with E-state index in [1.165, 1.54) is 12.1 Å². The Kier molecular flexibility index (Phi) is 4.99. The van der Waals surface area contributed by atoms with Crippen molar-refractivity contribution >= 4 is 34.6 Å². The Morgan fingerprint density at radius 2 is 1.79 bits per heavy atom. The number of halogens is 1. The lowest BCUT2D eigenvalue weighted by atomic mass is 9.89. The second kappa shape index (κ2) is 7.75. The highest BCUT2D eigenvalue weighted by atomic mass is 19.1. The van der Waals surface area contributed by atoms with Gasteiger partial charge in [-0.05, 0) is 42.0 Å². The Morgan fingerprint density at radius 3 is 2.59 bits per heavy atom. The molecule has 0 fully saturated rings. The summed E-state index contributed by atoms with van der Waals surface area (Å²) in [5, 5.41) is 5.59. The Morgan fingerprint density at radius 1 is 1.07 bits per heavy atom. The summed E-state index contributed by atoms with van der Waals surface area (Å²) in [6.07, 6.45) is 0.0150. The minimum absolute atomic E-state index is 0.0150. The van der Waals surface area contributed by atoms with Gasteiger partial charge in [0, 0.05) is 24.8 Å². The first-order valence-electron chi connectivity index (χ1n) is 9.31. The summed E-state index contributed by atoms with van der Waals surface area (Å²) >= 11 is 0. The van der Waals surface area contributed by atoms with Crippen LogP contribution in [0, 0.1) is 5.82 Å². The third-order valence-corrected chi connectivity index (χ3v) is 5.04. The van der Waals surface area contributed by atoms with E-state index in [9.17, 15) is 14.0 Å². The Bertz CT molecular complexity index is 1070. The standard InChI is InChI=1S/C23H20FN3O2/c1-27(16-7-3-2-4-8-16)21-10-6-5-9-19(21)26-23(29)18-14-22(28)25-20-13-15(24)11-12-17(18)20/h2-13,18H,14H2,1H3,(H,25,28)(H,26,29)/t18-/m1/s1. The number of amides is 2. The Labute approximate surface area is 168 Å². The van der Waals surface area contributed by atoms with Crippen LogP contribution >= 0.6 is 0 Å². The van der Waals surface area contributed by atoms with Crippen molar-refractivity contribution < 1.29 is 14.0 Å². The van der Waals surface area contributed by atoms with Crippen LogP contribution in [-0.4, -0.2) is 18.9 Å². The molecule has 0 spiro atoms. The monoisotopic (exact) mass is 389 g/mol. The molecule has 6 heteroatoms. The van der Waals surface area contributed by atoms with Gasteiger partial charge in [0.05, 0.1) is 17.3 Å². The topological polar surface area (TPSA) is 61.4 Å². The minimum atomic E-state index is -0.686. The quantitative estimate of drug-likeness (QED) is 0.682. The molecule has 1 aliphatic heterocycles. The van der Waals surface area contributed by atoms with Crippen LogP contribution in [0.5, 0.6) is 0 Å². The molecule has 5 nitrogen and oxygen atoms in total. The van der Waals surface area contributed by atoms with Crippen molar-refractivity contribution in [1.82, 2.24) is 0 Å². The number of carbonyl (C=O) groups is 2. The molecule has 0 aromatic heterocycles. The molecular weight excluding hydrogens is 369 g/mol. The van der Waals surface area contributed by atoms with E-state index in [1.54, 1.807) is 6.07 Å². The second-order valence-corrected chi connectivity index (χ2v) is 6.94. The summed E-state index contributed by atoms with van der Waals surface area (Å²) in [4.78, 5) is 27.1. The van der Waals surface area contributed by atoms with Crippen LogP contribution in [0.4, 0.5) is 27.1 Å². The molecule has 29 heavy (non-hydrogen) atoms. The molecule has 3 aromatic carbocycles. The number of anilines is 4. The van der Waals surface area contributed by atoms with E-state index >= 15 is 0 Å². The smallest absolute Gasteiger partial charge is 0.232 e. The summed E-state index contributed by atoms with van der Waals surface area (Å²) in [6, 6.07) is 21.4. The van der Waals surface area contributed by atoms with Gasteiger partial charge in [-0.2, -0.15) is 0 Å². The zero-order valence-electron chi connectivity index (χ0n) is 15.9. The van der Waals surface area contributed by atoms with E-state index in [0.29, 0.717) is 16.9 Å². The summed E-state index contributed by atoms with van der Waals surface area (Å²) in [5.41, 5.74) is 3.39. The number of nitrogens with zero attached hydrogens (tertiary/aromatic N) is 1. The summed E-state index contributed by atoms with van der Waals surface area (Å²) in [7, 11) is 1.92. The number of benzene rings is 3. The molecule has 1 atom stereocenters. The summed E-state index contributed by atoms with van der Waals surface area (Å²) in [6.45, 7) is 0. The van der Waals surface area contributed by atoms with Crippen LogP contribution < -0.4 is 15.5 Å². The van der Waals surface area contributed by atoms with E-state index in [4.69, 9.17) is 0 Å². The van der Waals surface area contributed by atoms with Crippen molar-refractivity contribution in [2.75, 3.05) is 22.6 Å². The molecule has 146 valence electrons. The first kappa shape index (κ1) is 18.7. The van der Waals surface area contributed by atoms with Crippen molar-refractivity contribution in [1.29, 1.82) is 0 Å². The largest absolute Gasteiger partial charge is 0.343 e. The zero-order valence-corrected chi connectivity index (χ0v) is 15.9. The number of hydrogen-bond donors (Lipinski definition) is 2. The lowest BCUT2D eigenvalue weighted by Gasteiger charge is -2.27. The van der Waals surface area contributed by atoms with Gasteiger partial charge in [-0.3, -0.25) is 9.59 Å². The fourth-order valence-electron chi connectivity index (χ4n) is 3.55. The fraction of sp³-hybridized carbons (Fsp3) is 0.130. The number of nitrogens with one attached hydrogen (secondary N) is 2. The second-order valence-electron chi connectivity index (χ2n) is 6.94. The molecule has 1 aliphatic rings. The highest BCUT2D eigenvalue weighted by Crippen LogP contribution is 2.35. The van der Waals surface area contributed by atoms with Crippen molar-refractivity contribution in [3.8, 4) is 0 Å². The van der Waals surface area contributed by atoms with E-state index in [2.05, 4.69) is 10.6 Å². The summed E-state index contributed by atoms with van der Waals surface area (Å²) in [5.74, 6) is -1.76. The maximum atomic E-state index is 13.5. The van der Waals surface area contributed by atoms with Crippen LogP contribution in [0.1, 0.15) is 17.9 Å². The summed E-state index contributed by atoms with van der Waals surface area (Å²) < 4.78 is 13.5. The van der Waals surface area contributed by atoms with Crippen molar-refractivity contribution in [2.45, 2.75) is 12.3 Å². The maximum absolute atomic E-state index is 13.5. The first-order valence-corrected chi connectivity index (χ1v) is 9.31. The van der Waals surface area contributed by atoms with Crippen LogP contribution in [0.2, 0.25) is 0 Å². The lowest BCUT2D eigenvalue weighted by Crippen LogP contribution is -2.31. The third kappa shape index (κ3) is 3.82. The van der Waals surface area contributed by atoms with Gasteiger partial charge < -0.3 is 15.5 Å². The van der Waals surface area contributed by atoms with Crippen LogP contribution in [0.3, 0.4) is 0 Å². The predicted octanol–water partition coefficient (Wildman–Crippen LogP) is 4.66. The van der Waals surface area contributed by atoms with Gasteiger partial charge in [-0.25, -0.2) is 4.39 Å². The molecule has 1 heterocycles. The SMILES string of the molecule is CN(c1ccccc1)c1ccccc1NC(=O)[C@@H]1CC(=O)Nc2cc(F)ccc21. The molecule has 0 saturated carbocycles. The maximum Gasteiger partial charge on any atom is 0.232 e. The van der Waals surface area contributed by atoms with Gasteiger partial charge in [0.15, 0.2) is 0 Å². The van der Waals surface area contributed by atoms with Crippen molar-refractivity contribution in [3.63, 3.8) is 0 Å². The van der Waals surface area contributed by atoms with Gasteiger partial charge in [0.2, 0.25) is 11.8 Å². The normalized spacial score (nSPS) is 15.2. The van der Waals surface area contributed by atoms with Gasteiger partial charge >= 0.3 is 0 Å².